The second-order valence-corrected chi connectivity index (χ2v) is 6.71. The number of likely N-dealkylation sites (tertiary alicyclic amines) is 1. The van der Waals surface area contributed by atoms with Crippen LogP contribution in [0.5, 0.6) is 0 Å². The number of nitrogens with zero attached hydrogens (tertiary/aromatic N) is 1. The number of amides is 1. The van der Waals surface area contributed by atoms with Crippen LogP contribution in [0.4, 0.5) is 0 Å². The highest BCUT2D eigenvalue weighted by Gasteiger charge is 2.28. The summed E-state index contributed by atoms with van der Waals surface area (Å²) in [6, 6.07) is 8.43. The van der Waals surface area contributed by atoms with E-state index in [-0.39, 0.29) is 5.92 Å². The first-order valence-electron chi connectivity index (χ1n) is 7.45. The van der Waals surface area contributed by atoms with Gasteiger partial charge in [-0.2, -0.15) is 0 Å². The molecule has 0 aliphatic carbocycles. The molecule has 20 heavy (non-hydrogen) atoms. The van der Waals surface area contributed by atoms with Gasteiger partial charge in [0.1, 0.15) is 0 Å². The van der Waals surface area contributed by atoms with Crippen LogP contribution in [-0.2, 0) is 4.79 Å². The Balaban J connectivity index is 1.74. The lowest BCUT2D eigenvalue weighted by atomic mass is 10.0. The number of hydrogen-bond donors (Lipinski definition) is 0. The summed E-state index contributed by atoms with van der Waals surface area (Å²) in [5.74, 6) is 1.31. The summed E-state index contributed by atoms with van der Waals surface area (Å²) in [4.78, 5) is 15.9. The largest absolute Gasteiger partial charge is 0.342 e. The predicted octanol–water partition coefficient (Wildman–Crippen LogP) is 3.71. The molecule has 1 unspecified atom stereocenters. The molecule has 3 heteroatoms. The van der Waals surface area contributed by atoms with E-state index >= 15 is 0 Å². The smallest absolute Gasteiger partial charge is 0.230 e. The Labute approximate surface area is 125 Å². The van der Waals surface area contributed by atoms with E-state index in [1.54, 1.807) is 0 Å². The second kappa shape index (κ2) is 6.04. The van der Waals surface area contributed by atoms with E-state index in [1.165, 1.54) is 35.3 Å². The normalized spacial score (nSPS) is 22.8. The Morgan fingerprint density at radius 2 is 1.95 bits per heavy atom. The van der Waals surface area contributed by atoms with Crippen molar-refractivity contribution in [1.82, 2.24) is 4.90 Å². The lowest BCUT2D eigenvalue weighted by molar-refractivity contribution is -0.134. The van der Waals surface area contributed by atoms with Crippen molar-refractivity contribution in [2.75, 3.05) is 18.8 Å². The Kier molecular flexibility index (Phi) is 4.16. The van der Waals surface area contributed by atoms with E-state index in [0.717, 1.165) is 18.8 Å². The molecule has 0 radical (unpaired) electrons. The molecule has 106 valence electrons. The zero-order valence-electron chi connectivity index (χ0n) is 12.0. The maximum Gasteiger partial charge on any atom is 0.230 e. The SMILES string of the molecule is Cc1ccccc1C1=CC(C(=O)N2CCCCC2)CS1. The lowest BCUT2D eigenvalue weighted by Gasteiger charge is -2.28. The number of carbonyl (C=O) groups is 1. The molecule has 1 aromatic carbocycles. The van der Waals surface area contributed by atoms with Crippen molar-refractivity contribution in [3.05, 3.63) is 41.5 Å². The van der Waals surface area contributed by atoms with Gasteiger partial charge in [-0.1, -0.05) is 30.3 Å². The van der Waals surface area contributed by atoms with Crippen LogP contribution in [0.15, 0.2) is 30.3 Å². The average Bonchev–Trinajstić information content (AvgIpc) is 2.97. The van der Waals surface area contributed by atoms with Crippen LogP contribution in [-0.4, -0.2) is 29.6 Å². The fraction of sp³-hybridized carbons (Fsp3) is 0.471. The van der Waals surface area contributed by atoms with E-state index in [4.69, 9.17) is 0 Å². The van der Waals surface area contributed by atoms with Crippen LogP contribution in [0.1, 0.15) is 30.4 Å². The van der Waals surface area contributed by atoms with Crippen LogP contribution < -0.4 is 0 Å². The molecule has 2 aliphatic heterocycles. The lowest BCUT2D eigenvalue weighted by Crippen LogP contribution is -2.39. The number of aryl methyl sites for hydroxylation is 1. The van der Waals surface area contributed by atoms with Crippen LogP contribution in [0.25, 0.3) is 4.91 Å². The number of hydrogen-bond acceptors (Lipinski definition) is 2. The Morgan fingerprint density at radius 1 is 1.20 bits per heavy atom. The molecule has 2 aliphatic rings. The molecule has 1 amide bonds. The Morgan fingerprint density at radius 3 is 2.70 bits per heavy atom. The predicted molar refractivity (Wildman–Crippen MR) is 85.5 cm³/mol. The fourth-order valence-corrected chi connectivity index (χ4v) is 4.21. The first-order valence-corrected chi connectivity index (χ1v) is 8.43. The third kappa shape index (κ3) is 2.78. The summed E-state index contributed by atoms with van der Waals surface area (Å²) in [7, 11) is 0. The second-order valence-electron chi connectivity index (χ2n) is 5.65. The zero-order chi connectivity index (χ0) is 13.9. The Hall–Kier alpha value is -1.22. The molecule has 0 spiro atoms. The van der Waals surface area contributed by atoms with Crippen LogP contribution in [0.3, 0.4) is 0 Å². The van der Waals surface area contributed by atoms with Gasteiger partial charge in [0, 0.05) is 23.7 Å². The third-order valence-corrected chi connectivity index (χ3v) is 5.36. The van der Waals surface area contributed by atoms with Gasteiger partial charge < -0.3 is 4.90 Å². The van der Waals surface area contributed by atoms with Gasteiger partial charge in [0.25, 0.3) is 0 Å². The first-order chi connectivity index (χ1) is 9.75. The van der Waals surface area contributed by atoms with Gasteiger partial charge in [0.2, 0.25) is 5.91 Å². The highest BCUT2D eigenvalue weighted by molar-refractivity contribution is 8.08. The minimum Gasteiger partial charge on any atom is -0.342 e. The molecule has 1 fully saturated rings. The van der Waals surface area contributed by atoms with E-state index in [0.29, 0.717) is 5.91 Å². The molecular formula is C17H21NOS. The number of carbonyl (C=O) groups excluding carboxylic acids is 1. The minimum absolute atomic E-state index is 0.0766. The highest BCUT2D eigenvalue weighted by atomic mass is 32.2. The molecular weight excluding hydrogens is 266 g/mol. The molecule has 0 bridgehead atoms. The van der Waals surface area contributed by atoms with Gasteiger partial charge in [-0.05, 0) is 37.3 Å². The van der Waals surface area contributed by atoms with Crippen molar-refractivity contribution in [3.8, 4) is 0 Å². The van der Waals surface area contributed by atoms with Gasteiger partial charge in [0.15, 0.2) is 0 Å². The van der Waals surface area contributed by atoms with Crippen molar-refractivity contribution in [3.63, 3.8) is 0 Å². The van der Waals surface area contributed by atoms with E-state index in [2.05, 4.69) is 42.2 Å². The minimum atomic E-state index is 0.0766. The van der Waals surface area contributed by atoms with Gasteiger partial charge in [-0.25, -0.2) is 0 Å². The summed E-state index contributed by atoms with van der Waals surface area (Å²) in [6.45, 7) is 4.04. The van der Waals surface area contributed by atoms with Crippen molar-refractivity contribution >= 4 is 22.6 Å². The molecule has 1 aromatic rings. The van der Waals surface area contributed by atoms with E-state index in [1.807, 2.05) is 11.8 Å². The van der Waals surface area contributed by atoms with Gasteiger partial charge >= 0.3 is 0 Å². The molecule has 0 N–H and O–H groups in total. The van der Waals surface area contributed by atoms with Crippen molar-refractivity contribution < 1.29 is 4.79 Å². The van der Waals surface area contributed by atoms with Crippen LogP contribution in [0, 0.1) is 12.8 Å². The van der Waals surface area contributed by atoms with Gasteiger partial charge in [-0.15, -0.1) is 11.8 Å². The molecule has 3 rings (SSSR count). The molecule has 1 atom stereocenters. The van der Waals surface area contributed by atoms with E-state index < -0.39 is 0 Å². The Bertz CT molecular complexity index is 532. The molecule has 0 aromatic heterocycles. The number of thioether (sulfide) groups is 1. The van der Waals surface area contributed by atoms with Crippen molar-refractivity contribution in [1.29, 1.82) is 0 Å². The van der Waals surface area contributed by atoms with Crippen LogP contribution >= 0.6 is 11.8 Å². The van der Waals surface area contributed by atoms with Crippen LogP contribution in [0.2, 0.25) is 0 Å². The third-order valence-electron chi connectivity index (χ3n) is 4.17. The first kappa shape index (κ1) is 13.7. The van der Waals surface area contributed by atoms with Gasteiger partial charge in [0.05, 0.1) is 5.92 Å². The number of benzene rings is 1. The molecule has 2 nitrogen and oxygen atoms in total. The summed E-state index contributed by atoms with van der Waals surface area (Å²) in [5, 5.41) is 0. The highest BCUT2D eigenvalue weighted by Crippen LogP contribution is 2.38. The summed E-state index contributed by atoms with van der Waals surface area (Å²) >= 11 is 1.82. The number of piperidine rings is 1. The number of rotatable bonds is 2. The fourth-order valence-electron chi connectivity index (χ4n) is 2.97. The summed E-state index contributed by atoms with van der Waals surface area (Å²) in [6.07, 6.45) is 5.79. The van der Waals surface area contributed by atoms with E-state index in [9.17, 15) is 4.79 Å². The topological polar surface area (TPSA) is 20.3 Å². The maximum atomic E-state index is 12.5. The average molecular weight is 287 g/mol. The maximum absolute atomic E-state index is 12.5. The molecule has 2 heterocycles. The molecule has 0 saturated carbocycles. The van der Waals surface area contributed by atoms with Crippen molar-refractivity contribution in [2.45, 2.75) is 26.2 Å². The zero-order valence-corrected chi connectivity index (χ0v) is 12.8. The standard InChI is InChI=1S/C17H21NOS/c1-13-7-3-4-8-15(13)16-11-14(12-20-16)17(19)18-9-5-2-6-10-18/h3-4,7-8,11,14H,2,5-6,9-10,12H2,1H3. The summed E-state index contributed by atoms with van der Waals surface area (Å²) < 4.78 is 0. The van der Waals surface area contributed by atoms with Crippen molar-refractivity contribution in [2.24, 2.45) is 5.92 Å². The monoisotopic (exact) mass is 287 g/mol. The quantitative estimate of drug-likeness (QED) is 0.826. The molecule has 1 saturated heterocycles. The summed E-state index contributed by atoms with van der Waals surface area (Å²) in [5.41, 5.74) is 2.57. The van der Waals surface area contributed by atoms with Gasteiger partial charge in [-0.3, -0.25) is 4.79 Å².